The molecule has 1 atom stereocenters. The Morgan fingerprint density at radius 1 is 1.04 bits per heavy atom. The van der Waals surface area contributed by atoms with Crippen LogP contribution in [0.15, 0.2) is 41.2 Å². The monoisotopic (exact) mass is 343 g/mol. The minimum Gasteiger partial charge on any atom is -0.354 e. The van der Waals surface area contributed by atoms with Gasteiger partial charge in [-0.2, -0.15) is 0 Å². The van der Waals surface area contributed by atoms with Gasteiger partial charge in [-0.25, -0.2) is 4.39 Å². The number of pyridine rings is 1. The molecule has 1 aromatic heterocycles. The fourth-order valence-electron chi connectivity index (χ4n) is 2.93. The molecule has 0 radical (unpaired) electrons. The summed E-state index contributed by atoms with van der Waals surface area (Å²) in [5.41, 5.74) is 1.01. The summed E-state index contributed by atoms with van der Waals surface area (Å²) < 4.78 is 12.9. The Bertz CT molecular complexity index is 805. The maximum Gasteiger partial charge on any atom is 0.248 e. The van der Waals surface area contributed by atoms with Gasteiger partial charge in [-0.1, -0.05) is 0 Å². The molecule has 2 aliphatic rings. The second-order valence-corrected chi connectivity index (χ2v) is 6.63. The first-order valence-electron chi connectivity index (χ1n) is 8.49. The van der Waals surface area contributed by atoms with Crippen LogP contribution in [0.4, 0.5) is 4.39 Å². The summed E-state index contributed by atoms with van der Waals surface area (Å²) in [5.74, 6) is -0.425. The average molecular weight is 343 g/mol. The van der Waals surface area contributed by atoms with Gasteiger partial charge in [-0.3, -0.25) is 9.59 Å². The summed E-state index contributed by atoms with van der Waals surface area (Å²) in [5, 5.41) is 5.91. The lowest BCUT2D eigenvalue weighted by atomic mass is 9.76. The molecule has 2 saturated heterocycles. The molecule has 5 nitrogen and oxygen atoms in total. The van der Waals surface area contributed by atoms with E-state index in [0.717, 1.165) is 0 Å². The highest BCUT2D eigenvalue weighted by atomic mass is 19.1. The summed E-state index contributed by atoms with van der Waals surface area (Å²) in [7, 11) is 0. The first-order chi connectivity index (χ1) is 12.0. The van der Waals surface area contributed by atoms with Crippen molar-refractivity contribution in [2.45, 2.75) is 25.2 Å². The van der Waals surface area contributed by atoms with E-state index in [2.05, 4.69) is 15.6 Å². The summed E-state index contributed by atoms with van der Waals surface area (Å²) in [6.07, 6.45) is 2.78. The maximum absolute atomic E-state index is 12.9. The third-order valence-corrected chi connectivity index (χ3v) is 4.70. The van der Waals surface area contributed by atoms with E-state index in [1.807, 2.05) is 0 Å². The number of H-pyrrole nitrogens is 1. The van der Waals surface area contributed by atoms with Crippen LogP contribution in [-0.4, -0.2) is 30.5 Å². The van der Waals surface area contributed by atoms with E-state index in [0.29, 0.717) is 23.4 Å². The van der Waals surface area contributed by atoms with Crippen LogP contribution in [0.5, 0.6) is 0 Å². The van der Waals surface area contributed by atoms with Gasteiger partial charge in [0.1, 0.15) is 5.82 Å². The summed E-state index contributed by atoms with van der Waals surface area (Å²) in [6, 6.07) is 9.05. The first kappa shape index (κ1) is 17.4. The topological polar surface area (TPSA) is 74.0 Å². The van der Waals surface area contributed by atoms with Crippen molar-refractivity contribution >= 4 is 5.91 Å². The molecular weight excluding hydrogens is 321 g/mol. The van der Waals surface area contributed by atoms with Crippen LogP contribution < -0.4 is 16.2 Å². The number of carbonyl (C=O) groups excluding carboxylic acids is 1. The third kappa shape index (κ3) is 3.79. The predicted octanol–water partition coefficient (Wildman–Crippen LogP) is 1.94. The number of amides is 1. The van der Waals surface area contributed by atoms with E-state index in [-0.39, 0.29) is 17.3 Å². The highest BCUT2D eigenvalue weighted by Crippen LogP contribution is 2.30. The molecule has 1 unspecified atom stereocenters. The molecule has 0 spiro atoms. The lowest BCUT2D eigenvalue weighted by Gasteiger charge is -2.37. The number of rotatable bonds is 2. The second kappa shape index (κ2) is 7.19. The molecule has 0 aliphatic carbocycles. The molecule has 4 rings (SSSR count). The molecule has 132 valence electrons. The van der Waals surface area contributed by atoms with E-state index >= 15 is 0 Å². The van der Waals surface area contributed by atoms with Gasteiger partial charge in [0.15, 0.2) is 0 Å². The number of β-lactam (4-membered cyclic amide) rings is 1. The molecule has 0 saturated carbocycles. The van der Waals surface area contributed by atoms with Gasteiger partial charge in [0.25, 0.3) is 0 Å². The molecule has 3 heterocycles. The molecule has 6 heteroatoms. The summed E-state index contributed by atoms with van der Waals surface area (Å²) >= 11 is 0. The van der Waals surface area contributed by atoms with Crippen molar-refractivity contribution < 1.29 is 9.18 Å². The van der Waals surface area contributed by atoms with Crippen LogP contribution in [0, 0.1) is 5.82 Å². The van der Waals surface area contributed by atoms with Gasteiger partial charge in [0.05, 0.1) is 5.41 Å². The standard InChI is InChI=1S/C15H13FN2O2.C4H9N/c1-15(8-17-14(15)20)10-6-12(18-13(19)7-10)9-2-4-11(16)5-3-9;1-2-4-5-3-1/h2-7H,8H2,1H3,(H,17,20)(H,18,19);5H,1-4H2. The van der Waals surface area contributed by atoms with Crippen LogP contribution in [0.3, 0.4) is 0 Å². The van der Waals surface area contributed by atoms with Gasteiger partial charge in [0, 0.05) is 18.3 Å². The summed E-state index contributed by atoms with van der Waals surface area (Å²) in [6.45, 7) is 4.81. The van der Waals surface area contributed by atoms with Crippen molar-refractivity contribution in [3.8, 4) is 11.3 Å². The zero-order valence-corrected chi connectivity index (χ0v) is 14.2. The van der Waals surface area contributed by atoms with Gasteiger partial charge < -0.3 is 15.6 Å². The number of hydrogen-bond acceptors (Lipinski definition) is 3. The highest BCUT2D eigenvalue weighted by molar-refractivity contribution is 5.94. The van der Waals surface area contributed by atoms with E-state index in [9.17, 15) is 14.0 Å². The Morgan fingerprint density at radius 3 is 2.20 bits per heavy atom. The SMILES string of the molecule is C1CCNC1.CC1(c2cc(-c3ccc(F)cc3)[nH]c(=O)c2)CNC1=O. The Balaban J connectivity index is 0.000000314. The maximum atomic E-state index is 12.9. The number of benzene rings is 1. The predicted molar refractivity (Wildman–Crippen MR) is 94.9 cm³/mol. The Labute approximate surface area is 145 Å². The second-order valence-electron chi connectivity index (χ2n) is 6.63. The quantitative estimate of drug-likeness (QED) is 0.730. The van der Waals surface area contributed by atoms with E-state index in [4.69, 9.17) is 0 Å². The molecule has 1 amide bonds. The minimum absolute atomic E-state index is 0.0897. The van der Waals surface area contributed by atoms with Gasteiger partial charge in [-0.15, -0.1) is 0 Å². The molecule has 0 bridgehead atoms. The molecular formula is C19H22FN3O2. The van der Waals surface area contributed by atoms with E-state index < -0.39 is 5.41 Å². The zero-order chi connectivity index (χ0) is 17.9. The van der Waals surface area contributed by atoms with Crippen molar-refractivity contribution in [2.24, 2.45) is 0 Å². The molecule has 25 heavy (non-hydrogen) atoms. The van der Waals surface area contributed by atoms with Crippen LogP contribution in [-0.2, 0) is 10.2 Å². The van der Waals surface area contributed by atoms with Gasteiger partial charge >= 0.3 is 0 Å². The molecule has 2 aliphatic heterocycles. The number of hydrogen-bond donors (Lipinski definition) is 3. The number of carbonyl (C=O) groups is 1. The third-order valence-electron chi connectivity index (χ3n) is 4.70. The lowest BCUT2D eigenvalue weighted by Crippen LogP contribution is -2.60. The van der Waals surface area contributed by atoms with Crippen molar-refractivity contribution in [3.05, 3.63) is 58.1 Å². The summed E-state index contributed by atoms with van der Waals surface area (Å²) in [4.78, 5) is 26.2. The van der Waals surface area contributed by atoms with Gasteiger partial charge in [0.2, 0.25) is 11.5 Å². The van der Waals surface area contributed by atoms with Crippen molar-refractivity contribution in [1.82, 2.24) is 15.6 Å². The number of aromatic amines is 1. The van der Waals surface area contributed by atoms with Crippen molar-refractivity contribution in [1.29, 1.82) is 0 Å². The van der Waals surface area contributed by atoms with E-state index in [1.165, 1.54) is 44.1 Å². The highest BCUT2D eigenvalue weighted by Gasteiger charge is 2.43. The fraction of sp³-hybridized carbons (Fsp3) is 0.368. The fourth-order valence-corrected chi connectivity index (χ4v) is 2.93. The number of aromatic nitrogens is 1. The largest absolute Gasteiger partial charge is 0.354 e. The van der Waals surface area contributed by atoms with Crippen LogP contribution in [0.1, 0.15) is 25.3 Å². The average Bonchev–Trinajstić information content (AvgIpc) is 3.19. The molecule has 1 aromatic carbocycles. The van der Waals surface area contributed by atoms with Gasteiger partial charge in [-0.05, 0) is 74.3 Å². The minimum atomic E-state index is -0.664. The van der Waals surface area contributed by atoms with Crippen LogP contribution in [0.2, 0.25) is 0 Å². The van der Waals surface area contributed by atoms with Crippen LogP contribution in [0.25, 0.3) is 11.3 Å². The van der Waals surface area contributed by atoms with E-state index in [1.54, 1.807) is 25.1 Å². The lowest BCUT2D eigenvalue weighted by molar-refractivity contribution is -0.132. The van der Waals surface area contributed by atoms with Crippen molar-refractivity contribution in [3.63, 3.8) is 0 Å². The first-order valence-corrected chi connectivity index (χ1v) is 8.49. The number of nitrogens with one attached hydrogen (secondary N) is 3. The number of halogens is 1. The smallest absolute Gasteiger partial charge is 0.248 e. The molecule has 3 N–H and O–H groups in total. The zero-order valence-electron chi connectivity index (χ0n) is 14.2. The van der Waals surface area contributed by atoms with Crippen molar-refractivity contribution in [2.75, 3.05) is 19.6 Å². The molecule has 2 aromatic rings. The Morgan fingerprint density at radius 2 is 1.72 bits per heavy atom. The Kier molecular flexibility index (Phi) is 4.99. The Hall–Kier alpha value is -2.47. The normalized spacial score (nSPS) is 21.8. The molecule has 2 fully saturated rings. The van der Waals surface area contributed by atoms with Crippen LogP contribution >= 0.6 is 0 Å².